The highest BCUT2D eigenvalue weighted by Crippen LogP contribution is 2.67. The van der Waals surface area contributed by atoms with Gasteiger partial charge in [0.2, 0.25) is 0 Å². The highest BCUT2D eigenvalue weighted by molar-refractivity contribution is 5.93. The number of allylic oxidation sites excluding steroid dienone is 5. The number of hydrogen-bond donors (Lipinski definition) is 1. The molecule has 33 heavy (non-hydrogen) atoms. The summed E-state index contributed by atoms with van der Waals surface area (Å²) in [6, 6.07) is 8.61. The summed E-state index contributed by atoms with van der Waals surface area (Å²) in [7, 11) is 0. The van der Waals surface area contributed by atoms with Gasteiger partial charge in [-0.1, -0.05) is 36.8 Å². The molecular weight excluding hydrogens is 408 g/mol. The molecule has 0 aliphatic heterocycles. The van der Waals surface area contributed by atoms with E-state index in [2.05, 4.69) is 45.0 Å². The molecular formula is C30H38O3. The summed E-state index contributed by atoms with van der Waals surface area (Å²) >= 11 is 0. The zero-order valence-corrected chi connectivity index (χ0v) is 20.6. The van der Waals surface area contributed by atoms with Gasteiger partial charge in [0.1, 0.15) is 5.75 Å². The lowest BCUT2D eigenvalue weighted by Crippen LogP contribution is -2.50. The van der Waals surface area contributed by atoms with Crippen LogP contribution in [0.25, 0.3) is 0 Å². The second-order valence-corrected chi connectivity index (χ2v) is 11.2. The number of carbonyl (C=O) groups is 1. The van der Waals surface area contributed by atoms with Crippen molar-refractivity contribution in [3.05, 3.63) is 64.8 Å². The summed E-state index contributed by atoms with van der Waals surface area (Å²) in [5, 5.41) is 11.9. The lowest BCUT2D eigenvalue weighted by atomic mass is 9.51. The van der Waals surface area contributed by atoms with Gasteiger partial charge in [0.25, 0.3) is 0 Å². The van der Waals surface area contributed by atoms with E-state index in [1.165, 1.54) is 16.7 Å². The number of benzene rings is 1. The maximum Gasteiger partial charge on any atom is 0.156 e. The fourth-order valence-electron chi connectivity index (χ4n) is 7.62. The van der Waals surface area contributed by atoms with Crippen molar-refractivity contribution < 1.29 is 14.6 Å². The molecule has 5 atom stereocenters. The van der Waals surface area contributed by atoms with Gasteiger partial charge in [0, 0.05) is 17.8 Å². The van der Waals surface area contributed by atoms with E-state index in [1.54, 1.807) is 5.57 Å². The number of aliphatic hydroxyl groups is 1. The first-order valence-electron chi connectivity index (χ1n) is 12.9. The third-order valence-corrected chi connectivity index (χ3v) is 9.02. The van der Waals surface area contributed by atoms with E-state index in [0.29, 0.717) is 18.3 Å². The summed E-state index contributed by atoms with van der Waals surface area (Å²) < 4.78 is 6.06. The van der Waals surface area contributed by atoms with Gasteiger partial charge in [0.15, 0.2) is 5.78 Å². The fourth-order valence-corrected chi connectivity index (χ4v) is 7.62. The van der Waals surface area contributed by atoms with Crippen LogP contribution in [0.4, 0.5) is 0 Å². The fraction of sp³-hybridized carbons (Fsp3) is 0.567. The molecule has 0 saturated heterocycles. The Balaban J connectivity index is 1.67. The zero-order chi connectivity index (χ0) is 23.4. The molecule has 0 radical (unpaired) electrons. The maximum absolute atomic E-state index is 12.2. The normalized spacial score (nSPS) is 36.0. The van der Waals surface area contributed by atoms with Crippen LogP contribution in [0, 0.1) is 17.3 Å². The van der Waals surface area contributed by atoms with Crippen LogP contribution in [-0.4, -0.2) is 22.6 Å². The van der Waals surface area contributed by atoms with E-state index in [0.717, 1.165) is 44.3 Å². The van der Waals surface area contributed by atoms with Crippen molar-refractivity contribution in [3.63, 3.8) is 0 Å². The number of ketones is 1. The largest absolute Gasteiger partial charge is 0.491 e. The first kappa shape index (κ1) is 22.7. The molecule has 0 aromatic heterocycles. The molecule has 1 N–H and O–H groups in total. The van der Waals surface area contributed by atoms with E-state index in [1.807, 2.05) is 25.1 Å². The minimum Gasteiger partial charge on any atom is -0.491 e. The Morgan fingerprint density at radius 1 is 1.18 bits per heavy atom. The second kappa shape index (κ2) is 8.27. The molecule has 4 aliphatic rings. The van der Waals surface area contributed by atoms with Crippen molar-refractivity contribution in [2.75, 3.05) is 0 Å². The molecule has 5 rings (SSSR count). The van der Waals surface area contributed by atoms with Crippen molar-refractivity contribution in [3.8, 4) is 5.75 Å². The molecule has 2 saturated carbocycles. The average molecular weight is 447 g/mol. The molecule has 2 fully saturated rings. The molecule has 1 aromatic carbocycles. The second-order valence-electron chi connectivity index (χ2n) is 11.2. The smallest absolute Gasteiger partial charge is 0.156 e. The topological polar surface area (TPSA) is 46.5 Å². The average Bonchev–Trinajstić information content (AvgIpc) is 3.03. The first-order chi connectivity index (χ1) is 15.8. The molecule has 0 bridgehead atoms. The van der Waals surface area contributed by atoms with E-state index < -0.39 is 5.60 Å². The van der Waals surface area contributed by atoms with Crippen LogP contribution >= 0.6 is 0 Å². The third kappa shape index (κ3) is 3.64. The monoisotopic (exact) mass is 446 g/mol. The standard InChI is InChI=1S/C30H38O3/c1-5-14-30(32)15-13-27-25-11-9-21-16-22(31)10-12-24(21)28(25)26(18-29(27,30)4)20-7-6-8-23(17-20)33-19(2)3/h5-8,14,16-17,19,25-27,32H,9-13,15,18H2,1-4H3/t25-,26+,27-,29-,30-/m0/s1. The summed E-state index contributed by atoms with van der Waals surface area (Å²) in [5.41, 5.74) is 4.66. The predicted octanol–water partition coefficient (Wildman–Crippen LogP) is 6.68. The zero-order valence-electron chi connectivity index (χ0n) is 20.6. The first-order valence-corrected chi connectivity index (χ1v) is 12.9. The summed E-state index contributed by atoms with van der Waals surface area (Å²) in [6.45, 7) is 8.48. The van der Waals surface area contributed by atoms with Crippen molar-refractivity contribution in [1.29, 1.82) is 0 Å². The maximum atomic E-state index is 12.2. The van der Waals surface area contributed by atoms with Gasteiger partial charge in [0.05, 0.1) is 11.7 Å². The van der Waals surface area contributed by atoms with Crippen LogP contribution in [0.5, 0.6) is 5.75 Å². The lowest BCUT2D eigenvalue weighted by Gasteiger charge is -2.54. The highest BCUT2D eigenvalue weighted by atomic mass is 16.5. The summed E-state index contributed by atoms with van der Waals surface area (Å²) in [6.07, 6.45) is 12.6. The molecule has 176 valence electrons. The number of ether oxygens (including phenoxy) is 1. The Hall–Kier alpha value is -2.13. The SMILES string of the molecule is CC=C[C@]1(O)CC[C@H]2[C@@H]3CCC4=CC(=O)CCC4=C3[C@@H](c3cccc(OC(C)C)c3)C[C@@]21C. The van der Waals surface area contributed by atoms with Crippen LogP contribution in [0.2, 0.25) is 0 Å². The van der Waals surface area contributed by atoms with Crippen molar-refractivity contribution >= 4 is 5.78 Å². The predicted molar refractivity (Wildman–Crippen MR) is 132 cm³/mol. The number of fused-ring (bicyclic) bond motifs is 4. The van der Waals surface area contributed by atoms with Crippen molar-refractivity contribution in [2.24, 2.45) is 17.3 Å². The highest BCUT2D eigenvalue weighted by Gasteiger charge is 2.61. The summed E-state index contributed by atoms with van der Waals surface area (Å²) in [4.78, 5) is 12.2. The van der Waals surface area contributed by atoms with Crippen LogP contribution in [0.3, 0.4) is 0 Å². The number of hydrogen-bond acceptors (Lipinski definition) is 3. The Kier molecular flexibility index (Phi) is 5.68. The van der Waals surface area contributed by atoms with Gasteiger partial charge in [-0.05, 0) is 106 Å². The van der Waals surface area contributed by atoms with Crippen LogP contribution in [-0.2, 0) is 4.79 Å². The minimum atomic E-state index is -0.758. The van der Waals surface area contributed by atoms with Crippen molar-refractivity contribution in [2.45, 2.75) is 90.3 Å². The van der Waals surface area contributed by atoms with Gasteiger partial charge < -0.3 is 9.84 Å². The quantitative estimate of drug-likeness (QED) is 0.525. The Bertz CT molecular complexity index is 1040. The summed E-state index contributed by atoms with van der Waals surface area (Å²) in [5.74, 6) is 2.39. The van der Waals surface area contributed by atoms with E-state index in [9.17, 15) is 9.90 Å². The van der Waals surface area contributed by atoms with Gasteiger partial charge in [-0.15, -0.1) is 0 Å². The van der Waals surface area contributed by atoms with Crippen LogP contribution in [0.1, 0.15) is 84.1 Å². The van der Waals surface area contributed by atoms with Crippen LogP contribution in [0.15, 0.2) is 59.2 Å². The van der Waals surface area contributed by atoms with Gasteiger partial charge in [-0.25, -0.2) is 0 Å². The molecule has 3 heteroatoms. The molecule has 0 heterocycles. The Morgan fingerprint density at radius 2 is 2.00 bits per heavy atom. The molecule has 0 unspecified atom stereocenters. The van der Waals surface area contributed by atoms with Crippen LogP contribution < -0.4 is 4.74 Å². The van der Waals surface area contributed by atoms with Gasteiger partial charge >= 0.3 is 0 Å². The van der Waals surface area contributed by atoms with E-state index in [-0.39, 0.29) is 23.2 Å². The third-order valence-electron chi connectivity index (χ3n) is 9.02. The molecule has 4 aliphatic carbocycles. The molecule has 1 aromatic rings. The lowest BCUT2D eigenvalue weighted by molar-refractivity contribution is -0.114. The van der Waals surface area contributed by atoms with Gasteiger partial charge in [-0.2, -0.15) is 0 Å². The molecule has 0 spiro atoms. The Morgan fingerprint density at radius 3 is 2.76 bits per heavy atom. The number of rotatable bonds is 4. The number of carbonyl (C=O) groups excluding carboxylic acids is 1. The Labute approximate surface area is 198 Å². The van der Waals surface area contributed by atoms with Gasteiger partial charge in [-0.3, -0.25) is 4.79 Å². The minimum absolute atomic E-state index is 0.131. The van der Waals surface area contributed by atoms with E-state index in [4.69, 9.17) is 4.74 Å². The molecule has 0 amide bonds. The molecule has 3 nitrogen and oxygen atoms in total. The van der Waals surface area contributed by atoms with Crippen molar-refractivity contribution in [1.82, 2.24) is 0 Å². The van der Waals surface area contributed by atoms with E-state index >= 15 is 0 Å².